The van der Waals surface area contributed by atoms with Gasteiger partial charge in [-0.15, -0.1) is 0 Å². The fraction of sp³-hybridized carbons (Fsp3) is 0.391. The molecular formula is C23H27ClF3N3. The van der Waals surface area contributed by atoms with Crippen molar-refractivity contribution in [2.24, 2.45) is 5.73 Å². The van der Waals surface area contributed by atoms with Gasteiger partial charge in [-0.05, 0) is 75.0 Å². The Morgan fingerprint density at radius 3 is 2.23 bits per heavy atom. The summed E-state index contributed by atoms with van der Waals surface area (Å²) < 4.78 is 40.9. The summed E-state index contributed by atoms with van der Waals surface area (Å²) in [7, 11) is 0. The van der Waals surface area contributed by atoms with Crippen LogP contribution in [0.3, 0.4) is 0 Å². The first kappa shape index (κ1) is 22.5. The highest BCUT2D eigenvalue weighted by atomic mass is 35.5. The van der Waals surface area contributed by atoms with Crippen LogP contribution in [-0.2, 0) is 12.6 Å². The Hall–Kier alpha value is -2.18. The molecule has 0 aliphatic carbocycles. The Bertz CT molecular complexity index is 990. The number of alkyl halides is 3. The van der Waals surface area contributed by atoms with Crippen molar-refractivity contribution in [2.75, 3.05) is 24.5 Å². The first-order valence-corrected chi connectivity index (χ1v) is 10.6. The van der Waals surface area contributed by atoms with E-state index in [9.17, 15) is 13.2 Å². The van der Waals surface area contributed by atoms with E-state index in [0.717, 1.165) is 48.8 Å². The molecule has 3 rings (SSSR count). The molecule has 162 valence electrons. The second-order valence-corrected chi connectivity index (χ2v) is 7.69. The molecule has 0 unspecified atom stereocenters. The fourth-order valence-corrected chi connectivity index (χ4v) is 4.21. The molecule has 0 radical (unpaired) electrons. The number of nitrogens with one attached hydrogen (secondary N) is 1. The van der Waals surface area contributed by atoms with Crippen molar-refractivity contribution in [3.63, 3.8) is 0 Å². The third kappa shape index (κ3) is 4.44. The summed E-state index contributed by atoms with van der Waals surface area (Å²) >= 11 is 6.38. The van der Waals surface area contributed by atoms with Gasteiger partial charge in [-0.25, -0.2) is 0 Å². The van der Waals surface area contributed by atoms with Crippen LogP contribution in [0.25, 0.3) is 22.2 Å². The molecule has 30 heavy (non-hydrogen) atoms. The minimum absolute atomic E-state index is 0.0422. The van der Waals surface area contributed by atoms with Crippen LogP contribution >= 0.6 is 11.6 Å². The monoisotopic (exact) mass is 437 g/mol. The Kier molecular flexibility index (Phi) is 6.98. The van der Waals surface area contributed by atoms with Crippen molar-refractivity contribution in [2.45, 2.75) is 39.3 Å². The van der Waals surface area contributed by atoms with Crippen molar-refractivity contribution < 1.29 is 13.2 Å². The Morgan fingerprint density at radius 1 is 1.00 bits per heavy atom. The van der Waals surface area contributed by atoms with E-state index in [1.807, 2.05) is 24.3 Å². The van der Waals surface area contributed by atoms with Gasteiger partial charge in [0.15, 0.2) is 0 Å². The Balaban J connectivity index is 2.17. The van der Waals surface area contributed by atoms with Gasteiger partial charge in [0.05, 0.1) is 16.1 Å². The lowest BCUT2D eigenvalue weighted by molar-refractivity contribution is -0.136. The van der Waals surface area contributed by atoms with Gasteiger partial charge in [0.1, 0.15) is 0 Å². The molecule has 3 N–H and O–H groups in total. The lowest BCUT2D eigenvalue weighted by Crippen LogP contribution is -2.21. The van der Waals surface area contributed by atoms with Crippen LogP contribution in [0.15, 0.2) is 36.4 Å². The highest BCUT2D eigenvalue weighted by Gasteiger charge is 2.34. The molecule has 0 aliphatic heterocycles. The number of nitrogens with zero attached hydrogens (tertiary/aromatic N) is 1. The number of aromatic nitrogens is 1. The van der Waals surface area contributed by atoms with E-state index in [1.54, 1.807) is 0 Å². The SMILES string of the molecule is CCN(CC)c1ccc(-c2[nH]c3c(C(F)(F)F)ccc(Cl)c3c2CCCCN)cc1. The van der Waals surface area contributed by atoms with Gasteiger partial charge >= 0.3 is 6.18 Å². The molecule has 1 heterocycles. The number of H-pyrrole nitrogens is 1. The zero-order chi connectivity index (χ0) is 21.9. The van der Waals surface area contributed by atoms with Gasteiger partial charge in [-0.3, -0.25) is 0 Å². The van der Waals surface area contributed by atoms with Gasteiger partial charge in [0.25, 0.3) is 0 Å². The number of anilines is 1. The van der Waals surface area contributed by atoms with E-state index >= 15 is 0 Å². The van der Waals surface area contributed by atoms with Gasteiger partial charge in [-0.2, -0.15) is 13.2 Å². The molecule has 3 aromatic rings. The van der Waals surface area contributed by atoms with Crippen molar-refractivity contribution in [1.82, 2.24) is 4.98 Å². The number of benzene rings is 2. The lowest BCUT2D eigenvalue weighted by atomic mass is 9.99. The quantitative estimate of drug-likeness (QED) is 0.388. The molecular weight excluding hydrogens is 411 g/mol. The predicted octanol–water partition coefficient (Wildman–Crippen LogP) is 6.63. The maximum Gasteiger partial charge on any atom is 0.418 e. The van der Waals surface area contributed by atoms with E-state index in [1.165, 1.54) is 6.07 Å². The number of aryl methyl sites for hydroxylation is 1. The number of halogens is 4. The molecule has 0 spiro atoms. The van der Waals surface area contributed by atoms with Crippen molar-refractivity contribution in [1.29, 1.82) is 0 Å². The molecule has 0 bridgehead atoms. The van der Waals surface area contributed by atoms with E-state index < -0.39 is 11.7 Å². The summed E-state index contributed by atoms with van der Waals surface area (Å²) in [5.74, 6) is 0. The lowest BCUT2D eigenvalue weighted by Gasteiger charge is -2.21. The molecule has 0 aliphatic rings. The van der Waals surface area contributed by atoms with Crippen LogP contribution in [0.1, 0.15) is 37.8 Å². The molecule has 0 fully saturated rings. The summed E-state index contributed by atoms with van der Waals surface area (Å²) in [4.78, 5) is 5.27. The maximum atomic E-state index is 13.6. The second kappa shape index (κ2) is 9.31. The summed E-state index contributed by atoms with van der Waals surface area (Å²) in [6, 6.07) is 10.3. The number of nitrogens with two attached hydrogens (primary N) is 1. The highest BCUT2D eigenvalue weighted by Crippen LogP contribution is 2.42. The molecule has 3 nitrogen and oxygen atoms in total. The molecule has 7 heteroatoms. The van der Waals surface area contributed by atoms with E-state index in [2.05, 4.69) is 23.7 Å². The van der Waals surface area contributed by atoms with Crippen LogP contribution in [0.2, 0.25) is 5.02 Å². The van der Waals surface area contributed by atoms with Gasteiger partial charge < -0.3 is 15.6 Å². The molecule has 0 saturated heterocycles. The molecule has 1 aromatic heterocycles. The number of aromatic amines is 1. The third-order valence-electron chi connectivity index (χ3n) is 5.48. The summed E-state index contributed by atoms with van der Waals surface area (Å²) in [6.45, 7) is 6.49. The van der Waals surface area contributed by atoms with Crippen LogP contribution < -0.4 is 10.6 Å². The van der Waals surface area contributed by atoms with Crippen LogP contribution in [-0.4, -0.2) is 24.6 Å². The third-order valence-corrected chi connectivity index (χ3v) is 5.79. The maximum absolute atomic E-state index is 13.6. The van der Waals surface area contributed by atoms with E-state index in [0.29, 0.717) is 29.1 Å². The minimum Gasteiger partial charge on any atom is -0.372 e. The largest absolute Gasteiger partial charge is 0.418 e. The Morgan fingerprint density at radius 2 is 1.67 bits per heavy atom. The summed E-state index contributed by atoms with van der Waals surface area (Å²) in [5.41, 5.74) is 8.39. The van der Waals surface area contributed by atoms with Crippen molar-refractivity contribution in [3.8, 4) is 11.3 Å². The number of unbranched alkanes of at least 4 members (excludes halogenated alkanes) is 1. The topological polar surface area (TPSA) is 45.0 Å². The standard InChI is InChI=1S/C23H27ClF3N3/c1-3-30(4-2)16-10-8-15(9-11-16)21-17(7-5-6-14-28)20-19(24)13-12-18(22(20)29-21)23(25,26)27/h8-13,29H,3-7,14,28H2,1-2H3. The van der Waals surface area contributed by atoms with E-state index in [-0.39, 0.29) is 5.52 Å². The zero-order valence-corrected chi connectivity index (χ0v) is 18.0. The number of hydrogen-bond acceptors (Lipinski definition) is 2. The van der Waals surface area contributed by atoms with Gasteiger partial charge in [0, 0.05) is 29.9 Å². The number of hydrogen-bond donors (Lipinski definition) is 2. The smallest absolute Gasteiger partial charge is 0.372 e. The van der Waals surface area contributed by atoms with Crippen LogP contribution in [0.4, 0.5) is 18.9 Å². The molecule has 0 amide bonds. The van der Waals surface area contributed by atoms with Crippen LogP contribution in [0.5, 0.6) is 0 Å². The average Bonchev–Trinajstić information content (AvgIpc) is 3.09. The fourth-order valence-electron chi connectivity index (χ4n) is 3.93. The van der Waals surface area contributed by atoms with Crippen molar-refractivity contribution >= 4 is 28.2 Å². The van der Waals surface area contributed by atoms with Gasteiger partial charge in [0.2, 0.25) is 0 Å². The number of fused-ring (bicyclic) bond motifs is 1. The summed E-state index contributed by atoms with van der Waals surface area (Å²) in [5, 5.41) is 0.773. The molecule has 0 atom stereocenters. The highest BCUT2D eigenvalue weighted by molar-refractivity contribution is 6.36. The molecule has 0 saturated carbocycles. The zero-order valence-electron chi connectivity index (χ0n) is 17.2. The first-order valence-electron chi connectivity index (χ1n) is 10.3. The Labute approximate surface area is 180 Å². The van der Waals surface area contributed by atoms with Crippen molar-refractivity contribution in [3.05, 3.63) is 52.5 Å². The van der Waals surface area contributed by atoms with Crippen LogP contribution in [0, 0.1) is 0 Å². The van der Waals surface area contributed by atoms with E-state index in [4.69, 9.17) is 17.3 Å². The van der Waals surface area contributed by atoms with Gasteiger partial charge in [-0.1, -0.05) is 23.7 Å². The molecule has 2 aromatic carbocycles. The predicted molar refractivity (Wildman–Crippen MR) is 119 cm³/mol. The first-order chi connectivity index (χ1) is 14.3. The second-order valence-electron chi connectivity index (χ2n) is 7.29. The average molecular weight is 438 g/mol. The normalized spacial score (nSPS) is 12.0. The summed E-state index contributed by atoms with van der Waals surface area (Å²) in [6.07, 6.45) is -2.29. The number of rotatable bonds is 8. The minimum atomic E-state index is -4.47.